The molecule has 0 saturated carbocycles. The maximum absolute atomic E-state index is 8.56. The van der Waals surface area contributed by atoms with Crippen molar-refractivity contribution in [3.05, 3.63) is 0 Å². The Morgan fingerprint density at radius 3 is 1.40 bits per heavy atom. The zero-order chi connectivity index (χ0) is 3.58. The summed E-state index contributed by atoms with van der Waals surface area (Å²) in [5, 5.41) is 13.9. The van der Waals surface area contributed by atoms with Crippen LogP contribution in [0.25, 0.3) is 0 Å². The first-order valence-electron chi connectivity index (χ1n) is 0.651. The Labute approximate surface area is 36.4 Å². The van der Waals surface area contributed by atoms with Gasteiger partial charge in [0.05, 0.1) is 0 Å². The molecule has 0 aromatic rings. The minimum absolute atomic E-state index is 0. The van der Waals surface area contributed by atoms with Gasteiger partial charge in [0.25, 0.3) is 0 Å². The van der Waals surface area contributed by atoms with E-state index in [1.807, 2.05) is 0 Å². The molecule has 0 unspecified atom stereocenters. The first-order valence-corrected chi connectivity index (χ1v) is 0.651. The molecule has 5 heavy (non-hydrogen) atoms. The standard InChI is InChI=1S/CH2O3.Am/c2-1(3)4;/h(H2,2,3,4);. The molecule has 31 valence electrons. The van der Waals surface area contributed by atoms with Crippen molar-refractivity contribution in [2.75, 3.05) is 0 Å². The molecule has 0 atom stereocenters. The molecule has 0 amide bonds. The van der Waals surface area contributed by atoms with Crippen molar-refractivity contribution in [1.82, 2.24) is 0 Å². The van der Waals surface area contributed by atoms with E-state index in [1.165, 1.54) is 0 Å². The molecular weight excluding hydrogens is 303 g/mol. The fourth-order valence-corrected chi connectivity index (χ4v) is 0. The molecule has 0 fully saturated rings. The molecule has 0 spiro atoms. The first-order chi connectivity index (χ1) is 1.73. The molecule has 3 nitrogen and oxygen atoms in total. The second kappa shape index (κ2) is 3.66. The van der Waals surface area contributed by atoms with Crippen LogP contribution in [0, 0.1) is 14.3 Å². The summed E-state index contributed by atoms with van der Waals surface area (Å²) in [6.07, 6.45) is -1.83. The molecule has 0 saturated heterocycles. The summed E-state index contributed by atoms with van der Waals surface area (Å²) < 4.78 is 0. The van der Waals surface area contributed by atoms with Crippen LogP contribution in [0.5, 0.6) is 0 Å². The van der Waals surface area contributed by atoms with E-state index in [0.29, 0.717) is 0 Å². The number of carboxylic acid groups (broad SMARTS) is 2. The maximum Gasteiger partial charge on any atom is 0.503 e. The van der Waals surface area contributed by atoms with Crippen molar-refractivity contribution in [2.45, 2.75) is 0 Å². The second-order valence-corrected chi connectivity index (χ2v) is 0.283. The summed E-state index contributed by atoms with van der Waals surface area (Å²) in [5.74, 6) is 0. The van der Waals surface area contributed by atoms with Gasteiger partial charge in [0.1, 0.15) is 0 Å². The quantitative estimate of drug-likeness (QED) is 0.673. The van der Waals surface area contributed by atoms with Crippen molar-refractivity contribution in [3.8, 4) is 0 Å². The Balaban J connectivity index is 0. The van der Waals surface area contributed by atoms with E-state index >= 15 is 0 Å². The Morgan fingerprint density at radius 2 is 1.40 bits per heavy atom. The number of rotatable bonds is 0. The second-order valence-electron chi connectivity index (χ2n) is 0.283. The van der Waals surface area contributed by atoms with Crippen molar-refractivity contribution >= 4 is 6.16 Å². The van der Waals surface area contributed by atoms with Crippen molar-refractivity contribution < 1.29 is 29.3 Å². The largest absolute Gasteiger partial charge is 0.503 e. The molecule has 0 heterocycles. The first kappa shape index (κ1) is 8.82. The predicted molar refractivity (Wildman–Crippen MR) is 10.7 cm³/mol. The zero-order valence-corrected chi connectivity index (χ0v) is 5.33. The van der Waals surface area contributed by atoms with Crippen LogP contribution in [0.15, 0.2) is 0 Å². The smallest absolute Gasteiger partial charge is 0.450 e. The Hall–Kier alpha value is -0.340. The molecule has 4 heteroatoms. The third-order valence-corrected chi connectivity index (χ3v) is 0. The normalized spacial score (nSPS) is 4.80. The van der Waals surface area contributed by atoms with Gasteiger partial charge < -0.3 is 10.2 Å². The third-order valence-electron chi connectivity index (χ3n) is 0. The summed E-state index contributed by atoms with van der Waals surface area (Å²) in [4.78, 5) is 8.56. The van der Waals surface area contributed by atoms with Gasteiger partial charge in [-0.1, -0.05) is 0 Å². The molecule has 0 aliphatic heterocycles. The summed E-state index contributed by atoms with van der Waals surface area (Å²) in [6, 6.07) is 0. The number of hydrogen-bond donors (Lipinski definition) is 2. The minimum atomic E-state index is -1.83. The molecule has 0 aliphatic carbocycles. The van der Waals surface area contributed by atoms with E-state index < -0.39 is 6.16 Å². The maximum atomic E-state index is 8.56. The van der Waals surface area contributed by atoms with Gasteiger partial charge in [-0.05, 0) is 0 Å². The molecule has 0 aromatic carbocycles. The average molecular weight is 305 g/mol. The molecule has 1 radical (unpaired) electrons. The van der Waals surface area contributed by atoms with E-state index in [0.717, 1.165) is 0 Å². The molecule has 0 aromatic heterocycles. The molecule has 0 rings (SSSR count). The van der Waals surface area contributed by atoms with E-state index in [1.54, 1.807) is 0 Å². The van der Waals surface area contributed by atoms with E-state index in [9.17, 15) is 0 Å². The number of carbonyl (C=O) groups is 1. The van der Waals surface area contributed by atoms with E-state index in [2.05, 4.69) is 0 Å². The average Bonchev–Trinajstić information content (AvgIpc) is 0.811. The van der Waals surface area contributed by atoms with Crippen LogP contribution < -0.4 is 0 Å². The topological polar surface area (TPSA) is 57.5 Å². The van der Waals surface area contributed by atoms with Crippen LogP contribution in [0.2, 0.25) is 0 Å². The Morgan fingerprint density at radius 1 is 1.40 bits per heavy atom. The van der Waals surface area contributed by atoms with Crippen LogP contribution in [0.4, 0.5) is 4.79 Å². The molecular formula is CH2AmO3. The summed E-state index contributed by atoms with van der Waals surface area (Å²) in [5.41, 5.74) is 0. The fourth-order valence-electron chi connectivity index (χ4n) is 0. The van der Waals surface area contributed by atoms with Crippen LogP contribution in [0.1, 0.15) is 0 Å². The summed E-state index contributed by atoms with van der Waals surface area (Å²) in [7, 11) is 0. The van der Waals surface area contributed by atoms with Gasteiger partial charge in [-0.3, -0.25) is 0 Å². The number of hydrogen-bond acceptors (Lipinski definition) is 1. The zero-order valence-electron chi connectivity index (χ0n) is 2.18. The van der Waals surface area contributed by atoms with Crippen molar-refractivity contribution in [2.24, 2.45) is 0 Å². The summed E-state index contributed by atoms with van der Waals surface area (Å²) in [6.45, 7) is 0. The van der Waals surface area contributed by atoms with Crippen LogP contribution >= 0.6 is 0 Å². The Kier molecular flexibility index (Phi) is 6.46. The molecule has 0 bridgehead atoms. The third kappa shape index (κ3) is 87.0. The van der Waals surface area contributed by atoms with Crippen LogP contribution in [0.3, 0.4) is 0 Å². The Bertz CT molecular complexity index is 29.9. The predicted octanol–water partition coefficient (Wildman–Crippen LogP) is 0.222. The van der Waals surface area contributed by atoms with Gasteiger partial charge in [0, 0.05) is 14.3 Å². The minimum Gasteiger partial charge on any atom is -0.450 e. The van der Waals surface area contributed by atoms with Crippen LogP contribution in [-0.4, -0.2) is 16.4 Å². The summed E-state index contributed by atoms with van der Waals surface area (Å²) >= 11 is 0. The van der Waals surface area contributed by atoms with E-state index in [4.69, 9.17) is 15.0 Å². The molecule has 0 aliphatic rings. The SMILES string of the molecule is O=C(O)O.[Am]. The van der Waals surface area contributed by atoms with Gasteiger partial charge in [0.15, 0.2) is 0 Å². The van der Waals surface area contributed by atoms with Gasteiger partial charge in [-0.25, -0.2) is 4.79 Å². The van der Waals surface area contributed by atoms with E-state index in [-0.39, 0.29) is 14.3 Å². The van der Waals surface area contributed by atoms with Crippen molar-refractivity contribution in [1.29, 1.82) is 0 Å². The van der Waals surface area contributed by atoms with Gasteiger partial charge in [-0.15, -0.1) is 0 Å². The molecule has 2 N–H and O–H groups in total. The van der Waals surface area contributed by atoms with Gasteiger partial charge in [0.2, 0.25) is 0 Å². The van der Waals surface area contributed by atoms with Gasteiger partial charge in [-0.2, -0.15) is 0 Å². The van der Waals surface area contributed by atoms with Crippen molar-refractivity contribution in [3.63, 3.8) is 0 Å². The fraction of sp³-hybridized carbons (Fsp3) is 0. The monoisotopic (exact) mass is 303 g/mol. The van der Waals surface area contributed by atoms with Crippen LogP contribution in [-0.2, 0) is 0 Å². The van der Waals surface area contributed by atoms with Gasteiger partial charge >= 0.3 is 6.16 Å².